The van der Waals surface area contributed by atoms with Gasteiger partial charge in [-0.3, -0.25) is 4.98 Å². The number of allylic oxidation sites excluding steroid dienone is 1. The van der Waals surface area contributed by atoms with Gasteiger partial charge in [0.1, 0.15) is 23.4 Å². The fraction of sp³-hybridized carbons (Fsp3) is 0.500. The Morgan fingerprint density at radius 3 is 2.80 bits per heavy atom. The summed E-state index contributed by atoms with van der Waals surface area (Å²) in [5, 5.41) is 1.05. The van der Waals surface area contributed by atoms with Gasteiger partial charge in [-0.15, -0.1) is 0 Å². The maximum atomic E-state index is 12.8. The van der Waals surface area contributed by atoms with Crippen molar-refractivity contribution in [3.63, 3.8) is 0 Å². The zero-order chi connectivity index (χ0) is 25.2. The first kappa shape index (κ1) is 24.9. The van der Waals surface area contributed by atoms with Crippen LogP contribution >= 0.6 is 0 Å². The van der Waals surface area contributed by atoms with Crippen LogP contribution in [-0.2, 0) is 14.2 Å². The van der Waals surface area contributed by atoms with E-state index in [1.165, 1.54) is 0 Å². The Morgan fingerprint density at radius 2 is 2.11 bits per heavy atom. The number of benzene rings is 1. The molecule has 0 bridgehead atoms. The van der Waals surface area contributed by atoms with E-state index in [-0.39, 0.29) is 12.0 Å². The van der Waals surface area contributed by atoms with Crippen LogP contribution in [0.1, 0.15) is 53.0 Å². The molecular formula is C28H36N2O5. The van der Waals surface area contributed by atoms with E-state index < -0.39 is 11.4 Å². The van der Waals surface area contributed by atoms with Crippen LogP contribution in [0.15, 0.2) is 48.6 Å². The molecule has 188 valence electrons. The third-order valence-electron chi connectivity index (χ3n) is 6.30. The first-order valence-corrected chi connectivity index (χ1v) is 12.2. The molecule has 1 aromatic heterocycles. The smallest absolute Gasteiger partial charge is 0.410 e. The van der Waals surface area contributed by atoms with Gasteiger partial charge >= 0.3 is 6.09 Å². The Morgan fingerprint density at radius 1 is 1.31 bits per heavy atom. The SMILES string of the molecule is COc1cnc2cccc(C=CC[C@@H]3CCN(C(=O)OC(C)(C)C)C[C@@H]3C3=COC(C)(C)O3)c2c1. The third-order valence-corrected chi connectivity index (χ3v) is 6.30. The van der Waals surface area contributed by atoms with Gasteiger partial charge in [-0.1, -0.05) is 24.3 Å². The molecule has 2 aromatic rings. The first-order chi connectivity index (χ1) is 16.5. The van der Waals surface area contributed by atoms with Crippen molar-refractivity contribution >= 4 is 23.1 Å². The lowest BCUT2D eigenvalue weighted by molar-refractivity contribution is -0.124. The fourth-order valence-electron chi connectivity index (χ4n) is 4.57. The molecule has 0 saturated carbocycles. The van der Waals surface area contributed by atoms with Gasteiger partial charge in [0.05, 0.1) is 18.8 Å². The Balaban J connectivity index is 1.51. The summed E-state index contributed by atoms with van der Waals surface area (Å²) in [6.07, 6.45) is 9.21. The average Bonchev–Trinajstić information content (AvgIpc) is 3.17. The normalized spacial score (nSPS) is 22.0. The number of pyridine rings is 1. The second kappa shape index (κ2) is 9.80. The van der Waals surface area contributed by atoms with Crippen LogP contribution in [0, 0.1) is 11.8 Å². The molecule has 0 N–H and O–H groups in total. The molecule has 1 saturated heterocycles. The van der Waals surface area contributed by atoms with E-state index in [0.717, 1.165) is 40.8 Å². The molecule has 7 nitrogen and oxygen atoms in total. The summed E-state index contributed by atoms with van der Waals surface area (Å²) in [4.78, 5) is 19.0. The Labute approximate surface area is 207 Å². The van der Waals surface area contributed by atoms with Gasteiger partial charge in [0, 0.05) is 38.2 Å². The monoisotopic (exact) mass is 480 g/mol. The second-order valence-electron chi connectivity index (χ2n) is 10.6. The number of likely N-dealkylation sites (tertiary alicyclic amines) is 1. The van der Waals surface area contributed by atoms with Crippen LogP contribution in [0.5, 0.6) is 5.75 Å². The maximum absolute atomic E-state index is 12.8. The number of aromatic nitrogens is 1. The Bertz CT molecular complexity index is 1130. The lowest BCUT2D eigenvalue weighted by Crippen LogP contribution is -2.46. The van der Waals surface area contributed by atoms with E-state index >= 15 is 0 Å². The molecule has 4 rings (SSSR count). The molecule has 2 aliphatic heterocycles. The largest absolute Gasteiger partial charge is 0.495 e. The highest BCUT2D eigenvalue weighted by molar-refractivity contribution is 5.88. The highest BCUT2D eigenvalue weighted by Crippen LogP contribution is 2.38. The van der Waals surface area contributed by atoms with Crippen molar-refractivity contribution in [2.24, 2.45) is 11.8 Å². The lowest BCUT2D eigenvalue weighted by atomic mass is 9.82. The van der Waals surface area contributed by atoms with Crippen LogP contribution < -0.4 is 4.74 Å². The van der Waals surface area contributed by atoms with Gasteiger partial charge in [-0.25, -0.2) is 4.79 Å². The highest BCUT2D eigenvalue weighted by Gasteiger charge is 2.40. The standard InChI is InChI=1S/C28H36N2O5/c1-27(2,3)35-26(31)30-14-13-20(23(17-30)25-18-33-28(4,5)34-25)10-7-9-19-11-8-12-24-22(19)15-21(32-6)16-29-24/h7-9,11-12,15-16,18,20,23H,10,13-14,17H2,1-6H3/t20-,23+/m1/s1. The lowest BCUT2D eigenvalue weighted by Gasteiger charge is -2.39. The number of methoxy groups -OCH3 is 1. The molecular weight excluding hydrogens is 444 g/mol. The van der Waals surface area contributed by atoms with Crippen molar-refractivity contribution in [1.29, 1.82) is 0 Å². The van der Waals surface area contributed by atoms with Crippen molar-refractivity contribution < 1.29 is 23.7 Å². The van der Waals surface area contributed by atoms with Gasteiger partial charge in [0.2, 0.25) is 5.79 Å². The topological polar surface area (TPSA) is 70.1 Å². The summed E-state index contributed by atoms with van der Waals surface area (Å²) < 4.78 is 22.8. The molecule has 0 unspecified atom stereocenters. The van der Waals surface area contributed by atoms with Crippen molar-refractivity contribution in [1.82, 2.24) is 9.88 Å². The first-order valence-electron chi connectivity index (χ1n) is 12.2. The molecule has 7 heteroatoms. The quantitative estimate of drug-likeness (QED) is 0.512. The predicted octanol–water partition coefficient (Wildman–Crippen LogP) is 6.14. The number of nitrogens with zero attached hydrogens (tertiary/aromatic N) is 2. The van der Waals surface area contributed by atoms with E-state index in [9.17, 15) is 4.79 Å². The van der Waals surface area contributed by atoms with Gasteiger partial charge in [-0.2, -0.15) is 0 Å². The summed E-state index contributed by atoms with van der Waals surface area (Å²) in [7, 11) is 1.65. The van der Waals surface area contributed by atoms with Crippen LogP contribution in [0.25, 0.3) is 17.0 Å². The molecule has 0 spiro atoms. The number of fused-ring (bicyclic) bond motifs is 1. The van der Waals surface area contributed by atoms with Gasteiger partial charge in [0.15, 0.2) is 0 Å². The molecule has 2 aliphatic rings. The molecule has 3 heterocycles. The Kier molecular flexibility index (Phi) is 6.97. The van der Waals surface area contributed by atoms with Crippen molar-refractivity contribution in [3.05, 3.63) is 54.1 Å². The predicted molar refractivity (Wildman–Crippen MR) is 136 cm³/mol. The molecule has 35 heavy (non-hydrogen) atoms. The third kappa shape index (κ3) is 6.08. The van der Waals surface area contributed by atoms with Crippen molar-refractivity contribution in [2.75, 3.05) is 20.2 Å². The zero-order valence-electron chi connectivity index (χ0n) is 21.5. The van der Waals surface area contributed by atoms with Crippen LogP contribution in [0.2, 0.25) is 0 Å². The molecule has 2 atom stereocenters. The number of hydrogen-bond donors (Lipinski definition) is 0. The zero-order valence-corrected chi connectivity index (χ0v) is 21.5. The minimum atomic E-state index is -0.696. The molecule has 1 fully saturated rings. The Hall–Kier alpha value is -3.22. The van der Waals surface area contributed by atoms with E-state index in [1.807, 2.05) is 52.8 Å². The average molecular weight is 481 g/mol. The number of carbonyl (C=O) groups excluding carboxylic acids is 1. The molecule has 1 amide bonds. The molecule has 1 aromatic carbocycles. The van der Waals surface area contributed by atoms with E-state index in [2.05, 4.69) is 23.2 Å². The maximum Gasteiger partial charge on any atom is 0.410 e. The number of rotatable bonds is 5. The van der Waals surface area contributed by atoms with E-state index in [1.54, 1.807) is 24.5 Å². The summed E-state index contributed by atoms with van der Waals surface area (Å²) >= 11 is 0. The van der Waals surface area contributed by atoms with Crippen LogP contribution in [-0.4, -0.2) is 47.6 Å². The van der Waals surface area contributed by atoms with Gasteiger partial charge in [0.25, 0.3) is 0 Å². The molecule has 0 aliphatic carbocycles. The number of amides is 1. The van der Waals surface area contributed by atoms with Crippen LogP contribution in [0.4, 0.5) is 4.79 Å². The number of hydrogen-bond acceptors (Lipinski definition) is 6. The summed E-state index contributed by atoms with van der Waals surface area (Å²) in [6, 6.07) is 8.11. The van der Waals surface area contributed by atoms with Crippen LogP contribution in [0.3, 0.4) is 0 Å². The fourth-order valence-corrected chi connectivity index (χ4v) is 4.57. The van der Waals surface area contributed by atoms with Gasteiger partial charge in [-0.05, 0) is 57.2 Å². The van der Waals surface area contributed by atoms with Gasteiger partial charge < -0.3 is 23.8 Å². The minimum absolute atomic E-state index is 0.0250. The summed E-state index contributed by atoms with van der Waals surface area (Å²) in [5.41, 5.74) is 1.49. The number of carbonyl (C=O) groups is 1. The number of ether oxygens (including phenoxy) is 4. The second-order valence-corrected chi connectivity index (χ2v) is 10.6. The highest BCUT2D eigenvalue weighted by atomic mass is 16.7. The number of piperidine rings is 1. The van der Waals surface area contributed by atoms with Crippen molar-refractivity contribution in [3.8, 4) is 5.75 Å². The van der Waals surface area contributed by atoms with E-state index in [4.69, 9.17) is 18.9 Å². The minimum Gasteiger partial charge on any atom is -0.495 e. The summed E-state index contributed by atoms with van der Waals surface area (Å²) in [5.74, 6) is 1.16. The molecule has 0 radical (unpaired) electrons. The summed E-state index contributed by atoms with van der Waals surface area (Å²) in [6.45, 7) is 10.6. The van der Waals surface area contributed by atoms with Crippen molar-refractivity contribution in [2.45, 2.75) is 58.8 Å². The van der Waals surface area contributed by atoms with E-state index in [0.29, 0.717) is 19.0 Å².